The number of fused-ring (bicyclic) bond motifs is 3. The van der Waals surface area contributed by atoms with Crippen molar-refractivity contribution in [2.45, 2.75) is 17.9 Å². The molecule has 0 amide bonds. The van der Waals surface area contributed by atoms with Gasteiger partial charge in [-0.3, -0.25) is 0 Å². The quantitative estimate of drug-likeness (QED) is 0.120. The van der Waals surface area contributed by atoms with Gasteiger partial charge in [-0.15, -0.1) is 0 Å². The number of hydrogen-bond donors (Lipinski definition) is 0. The lowest BCUT2D eigenvalue weighted by molar-refractivity contribution is 0.764. The van der Waals surface area contributed by atoms with E-state index in [1.54, 1.807) is 0 Å². The van der Waals surface area contributed by atoms with Gasteiger partial charge in [0.25, 0.3) is 0 Å². The number of anilines is 5. The highest BCUT2D eigenvalue weighted by molar-refractivity contribution is 5.96. The Hall–Kier alpha value is -9.50. The first kappa shape index (κ1) is 45.4. The van der Waals surface area contributed by atoms with E-state index in [0.29, 0.717) is 0 Å². The van der Waals surface area contributed by atoms with E-state index in [2.05, 4.69) is 319 Å². The molecule has 0 radical (unpaired) electrons. The van der Waals surface area contributed by atoms with Crippen molar-refractivity contribution in [1.29, 1.82) is 0 Å². The van der Waals surface area contributed by atoms with Gasteiger partial charge in [-0.25, -0.2) is 0 Å². The van der Waals surface area contributed by atoms with Crippen molar-refractivity contribution >= 4 is 34.0 Å². The van der Waals surface area contributed by atoms with Gasteiger partial charge in [-0.2, -0.15) is 0 Å². The zero-order valence-electron chi connectivity index (χ0n) is 41.6. The van der Waals surface area contributed by atoms with Crippen LogP contribution in [0.1, 0.15) is 34.2 Å². The van der Waals surface area contributed by atoms with Crippen LogP contribution in [0.4, 0.5) is 28.4 Å². The van der Waals surface area contributed by atoms with Gasteiger partial charge in [0.15, 0.2) is 0 Å². The minimum absolute atomic E-state index is 0.0687. The van der Waals surface area contributed by atoms with Crippen molar-refractivity contribution in [2.75, 3.05) is 9.80 Å². The van der Waals surface area contributed by atoms with Crippen LogP contribution in [-0.2, 0) is 5.41 Å². The molecule has 0 bridgehead atoms. The molecule has 0 saturated carbocycles. The molecule has 0 aromatic heterocycles. The molecule has 13 rings (SSSR count). The van der Waals surface area contributed by atoms with Gasteiger partial charge < -0.3 is 9.80 Å². The van der Waals surface area contributed by atoms with Crippen molar-refractivity contribution < 1.29 is 0 Å². The van der Waals surface area contributed by atoms with E-state index in [4.69, 9.17) is 0 Å². The molecule has 11 aromatic carbocycles. The molecule has 0 spiro atoms. The zero-order valence-corrected chi connectivity index (χ0v) is 41.6. The van der Waals surface area contributed by atoms with Crippen LogP contribution in [0.15, 0.2) is 309 Å². The Bertz CT molecular complexity index is 3710. The second kappa shape index (κ2) is 19.8. The topological polar surface area (TPSA) is 6.48 Å². The Kier molecular flexibility index (Phi) is 12.0. The number of rotatable bonds is 12. The fraction of sp³-hybridized carbons (Fsp3) is 0.0411. The number of benzene rings is 11. The first-order valence-electron chi connectivity index (χ1n) is 26.1. The van der Waals surface area contributed by atoms with E-state index in [-0.39, 0.29) is 6.04 Å². The molecule has 2 aliphatic carbocycles. The average molecular weight is 959 g/mol. The third-order valence-corrected chi connectivity index (χ3v) is 15.3. The minimum Gasteiger partial charge on any atom is -0.334 e. The summed E-state index contributed by atoms with van der Waals surface area (Å²) in [5.74, 6) is 0. The first-order chi connectivity index (χ1) is 37.2. The van der Waals surface area contributed by atoms with Crippen molar-refractivity contribution in [3.63, 3.8) is 0 Å². The summed E-state index contributed by atoms with van der Waals surface area (Å²) in [6.45, 7) is 0. The molecule has 2 unspecified atom stereocenters. The monoisotopic (exact) mass is 958 g/mol. The van der Waals surface area contributed by atoms with Gasteiger partial charge in [0.2, 0.25) is 0 Å². The lowest BCUT2D eigenvalue weighted by atomic mass is 9.67. The third kappa shape index (κ3) is 8.37. The molecule has 2 aliphatic rings. The minimum atomic E-state index is -0.618. The Morgan fingerprint density at radius 3 is 1.21 bits per heavy atom. The van der Waals surface area contributed by atoms with Crippen LogP contribution in [-0.4, -0.2) is 6.04 Å². The van der Waals surface area contributed by atoms with Crippen molar-refractivity contribution in [3.05, 3.63) is 337 Å². The molecule has 2 heteroatoms. The smallest absolute Gasteiger partial charge is 0.0714 e. The fourth-order valence-corrected chi connectivity index (χ4v) is 11.8. The lowest BCUT2D eigenvalue weighted by Gasteiger charge is -2.36. The summed E-state index contributed by atoms with van der Waals surface area (Å²) in [6, 6.07) is 107. The summed E-state index contributed by atoms with van der Waals surface area (Å²) < 4.78 is 0. The predicted molar refractivity (Wildman–Crippen MR) is 315 cm³/mol. The summed E-state index contributed by atoms with van der Waals surface area (Å²) in [6.07, 6.45) is 8.00. The van der Waals surface area contributed by atoms with Gasteiger partial charge in [-0.1, -0.05) is 255 Å². The highest BCUT2D eigenvalue weighted by atomic mass is 15.2. The van der Waals surface area contributed by atoms with Crippen LogP contribution in [0.5, 0.6) is 0 Å². The third-order valence-electron chi connectivity index (χ3n) is 15.3. The Balaban J connectivity index is 0.955. The molecular weight excluding hydrogens is 905 g/mol. The van der Waals surface area contributed by atoms with Gasteiger partial charge in [0, 0.05) is 34.0 Å². The summed E-state index contributed by atoms with van der Waals surface area (Å²) >= 11 is 0. The molecule has 0 aliphatic heterocycles. The SMILES string of the molecule is C1=CC(N(c2ccc(-c3ccccc3)cc2)c2cccc3c2-c2ccccc2C3(c2ccccc2)c2ccc(N(c3ccc(-c4ccccc4)cc3)c3ccc(-c4ccccc4)cc3)cc2)CC=C1c1ccccc1. The van der Waals surface area contributed by atoms with Crippen molar-refractivity contribution in [3.8, 4) is 44.5 Å². The summed E-state index contributed by atoms with van der Waals surface area (Å²) in [4.78, 5) is 4.97. The maximum Gasteiger partial charge on any atom is 0.0714 e. The van der Waals surface area contributed by atoms with E-state index in [1.165, 1.54) is 83.6 Å². The largest absolute Gasteiger partial charge is 0.334 e. The molecule has 0 fully saturated rings. The van der Waals surface area contributed by atoms with Crippen molar-refractivity contribution in [1.82, 2.24) is 0 Å². The molecule has 75 heavy (non-hydrogen) atoms. The second-order valence-electron chi connectivity index (χ2n) is 19.5. The fourth-order valence-electron chi connectivity index (χ4n) is 11.8. The van der Waals surface area contributed by atoms with E-state index in [0.717, 1.165) is 29.2 Å². The van der Waals surface area contributed by atoms with Crippen LogP contribution in [0.25, 0.3) is 50.1 Å². The summed E-state index contributed by atoms with van der Waals surface area (Å²) in [7, 11) is 0. The van der Waals surface area contributed by atoms with Crippen LogP contribution >= 0.6 is 0 Å². The first-order valence-corrected chi connectivity index (χ1v) is 26.1. The van der Waals surface area contributed by atoms with E-state index in [1.807, 2.05) is 0 Å². The number of nitrogens with zero attached hydrogens (tertiary/aromatic N) is 2. The number of allylic oxidation sites excluding steroid dienone is 2. The second-order valence-corrected chi connectivity index (χ2v) is 19.5. The van der Waals surface area contributed by atoms with E-state index >= 15 is 0 Å². The maximum atomic E-state index is 2.59. The summed E-state index contributed by atoms with van der Waals surface area (Å²) in [5.41, 5.74) is 22.2. The molecule has 0 saturated heterocycles. The highest BCUT2D eigenvalue weighted by Crippen LogP contribution is 2.59. The van der Waals surface area contributed by atoms with Gasteiger partial charge in [0.1, 0.15) is 0 Å². The normalized spacial score (nSPS) is 15.4. The molecule has 356 valence electrons. The Morgan fingerprint density at radius 2 is 0.720 bits per heavy atom. The van der Waals surface area contributed by atoms with Gasteiger partial charge in [0.05, 0.1) is 11.5 Å². The molecule has 0 N–H and O–H groups in total. The highest BCUT2D eigenvalue weighted by Gasteiger charge is 2.47. The molecule has 2 atom stereocenters. The van der Waals surface area contributed by atoms with Crippen LogP contribution in [0.2, 0.25) is 0 Å². The zero-order chi connectivity index (χ0) is 50.0. The van der Waals surface area contributed by atoms with Crippen LogP contribution < -0.4 is 9.80 Å². The van der Waals surface area contributed by atoms with E-state index in [9.17, 15) is 0 Å². The number of hydrogen-bond acceptors (Lipinski definition) is 2. The Morgan fingerprint density at radius 1 is 0.320 bits per heavy atom. The van der Waals surface area contributed by atoms with Crippen LogP contribution in [0.3, 0.4) is 0 Å². The van der Waals surface area contributed by atoms with Gasteiger partial charge in [-0.05, 0) is 133 Å². The Labute approximate surface area is 441 Å². The predicted octanol–water partition coefficient (Wildman–Crippen LogP) is 19.1. The molecule has 11 aromatic rings. The summed E-state index contributed by atoms with van der Waals surface area (Å²) in [5, 5.41) is 0. The lowest BCUT2D eigenvalue weighted by Crippen LogP contribution is -2.31. The molecule has 0 heterocycles. The van der Waals surface area contributed by atoms with E-state index < -0.39 is 5.41 Å². The van der Waals surface area contributed by atoms with Gasteiger partial charge >= 0.3 is 0 Å². The molecule has 2 nitrogen and oxygen atoms in total. The molecular formula is C73H54N2. The van der Waals surface area contributed by atoms with Crippen LogP contribution in [0, 0.1) is 0 Å². The van der Waals surface area contributed by atoms with Crippen molar-refractivity contribution in [2.24, 2.45) is 0 Å². The average Bonchev–Trinajstić information content (AvgIpc) is 3.95. The standard InChI is InChI=1S/C73H54N2/c1-6-19-53(20-7-1)57-33-43-63(44-34-57)74(64-45-35-58(36-46-64)54-21-8-2-9-22-54)65-51-41-62(42-52-65)73(61-27-14-5-15-28-61)69-30-17-16-29-68(69)72-70(73)31-18-32-71(72)75(66-47-37-59(38-48-66)55-23-10-3-11-24-55)67-49-39-60(40-50-67)56-25-12-4-13-26-56/h1-49,51-52,67H,50H2. The maximum absolute atomic E-state index is 2.59.